The Hall–Kier alpha value is -3.31. The van der Waals surface area contributed by atoms with E-state index in [1.165, 1.54) is 16.4 Å². The summed E-state index contributed by atoms with van der Waals surface area (Å²) in [4.78, 5) is 15.2. The maximum absolute atomic E-state index is 12.7. The lowest BCUT2D eigenvalue weighted by atomic mass is 10.2. The van der Waals surface area contributed by atoms with E-state index in [-0.39, 0.29) is 16.3 Å². The molecule has 1 aliphatic heterocycles. The van der Waals surface area contributed by atoms with Crippen molar-refractivity contribution in [3.8, 4) is 5.82 Å². The molecule has 1 aliphatic rings. The summed E-state index contributed by atoms with van der Waals surface area (Å²) < 4.78 is 28.4. The van der Waals surface area contributed by atoms with E-state index >= 15 is 0 Å². The minimum atomic E-state index is -3.72. The van der Waals surface area contributed by atoms with Crippen LogP contribution in [0, 0.1) is 10.1 Å². The van der Waals surface area contributed by atoms with Crippen LogP contribution in [0.1, 0.15) is 18.4 Å². The zero-order valence-corrected chi connectivity index (χ0v) is 16.8. The fourth-order valence-corrected chi connectivity index (χ4v) is 4.85. The Kier molecular flexibility index (Phi) is 5.46. The number of pyridine rings is 1. The van der Waals surface area contributed by atoms with Crippen LogP contribution in [0.2, 0.25) is 0 Å². The smallest absolute Gasteiger partial charge is 0.293 e. The zero-order valence-electron chi connectivity index (χ0n) is 16.0. The molecule has 0 spiro atoms. The molecule has 4 rings (SSSR count). The third-order valence-corrected chi connectivity index (χ3v) is 6.79. The molecule has 1 aromatic carbocycles. The first-order chi connectivity index (χ1) is 14.4. The van der Waals surface area contributed by atoms with Crippen molar-refractivity contribution in [1.82, 2.24) is 19.1 Å². The molecule has 1 fully saturated rings. The molecular weight excluding hydrogens is 408 g/mol. The monoisotopic (exact) mass is 428 g/mol. The number of benzene rings is 1. The Morgan fingerprint density at radius 1 is 1.17 bits per heavy atom. The number of hydrogen-bond donors (Lipinski definition) is 1. The Bertz CT molecular complexity index is 1140. The van der Waals surface area contributed by atoms with Crippen LogP contribution in [0.3, 0.4) is 0 Å². The second kappa shape index (κ2) is 8.20. The van der Waals surface area contributed by atoms with Gasteiger partial charge in [0.1, 0.15) is 5.69 Å². The van der Waals surface area contributed by atoms with Crippen molar-refractivity contribution in [2.24, 2.45) is 0 Å². The summed E-state index contributed by atoms with van der Waals surface area (Å²) in [6.45, 7) is 1.18. The molecule has 2 aromatic heterocycles. The van der Waals surface area contributed by atoms with Gasteiger partial charge in [-0.15, -0.1) is 0 Å². The van der Waals surface area contributed by atoms with Crippen LogP contribution in [-0.2, 0) is 16.6 Å². The predicted octanol–water partition coefficient (Wildman–Crippen LogP) is 2.57. The van der Waals surface area contributed by atoms with Gasteiger partial charge in [0.05, 0.1) is 9.82 Å². The van der Waals surface area contributed by atoms with Gasteiger partial charge in [-0.05, 0) is 42.7 Å². The number of rotatable bonds is 7. The number of nitro groups is 1. The minimum Gasteiger partial charge on any atom is -0.375 e. The molecule has 0 atom stereocenters. The van der Waals surface area contributed by atoms with Crippen molar-refractivity contribution in [2.75, 3.05) is 18.4 Å². The largest absolute Gasteiger partial charge is 0.375 e. The van der Waals surface area contributed by atoms with Gasteiger partial charge >= 0.3 is 0 Å². The van der Waals surface area contributed by atoms with Crippen LogP contribution < -0.4 is 5.32 Å². The maximum Gasteiger partial charge on any atom is 0.293 e. The van der Waals surface area contributed by atoms with E-state index in [4.69, 9.17) is 0 Å². The Morgan fingerprint density at radius 2 is 1.97 bits per heavy atom. The predicted molar refractivity (Wildman–Crippen MR) is 110 cm³/mol. The van der Waals surface area contributed by atoms with E-state index in [2.05, 4.69) is 15.4 Å². The quantitative estimate of drug-likeness (QED) is 0.453. The highest BCUT2D eigenvalue weighted by molar-refractivity contribution is 7.89. The van der Waals surface area contributed by atoms with Gasteiger partial charge in [0.2, 0.25) is 10.0 Å². The lowest BCUT2D eigenvalue weighted by Crippen LogP contribution is -2.27. The van der Waals surface area contributed by atoms with E-state index in [1.807, 2.05) is 6.07 Å². The van der Waals surface area contributed by atoms with Crippen molar-refractivity contribution >= 4 is 21.4 Å². The second-order valence-electron chi connectivity index (χ2n) is 6.88. The summed E-state index contributed by atoms with van der Waals surface area (Å²) in [5.74, 6) is 0.659. The van der Waals surface area contributed by atoms with Crippen molar-refractivity contribution < 1.29 is 13.3 Å². The highest BCUT2D eigenvalue weighted by Gasteiger charge is 2.29. The van der Waals surface area contributed by atoms with E-state index < -0.39 is 14.9 Å². The molecule has 3 aromatic rings. The fourth-order valence-electron chi connectivity index (χ4n) is 3.31. The molecule has 1 saturated heterocycles. The Labute approximate surface area is 173 Å². The van der Waals surface area contributed by atoms with Gasteiger partial charge in [0.25, 0.3) is 5.69 Å². The van der Waals surface area contributed by atoms with Gasteiger partial charge in [-0.25, -0.2) is 18.1 Å². The van der Waals surface area contributed by atoms with Gasteiger partial charge < -0.3 is 5.32 Å². The van der Waals surface area contributed by atoms with Crippen molar-refractivity contribution in [2.45, 2.75) is 24.3 Å². The first kappa shape index (κ1) is 20.0. The van der Waals surface area contributed by atoms with Gasteiger partial charge in [0.15, 0.2) is 5.82 Å². The molecule has 1 N–H and O–H groups in total. The molecule has 0 bridgehead atoms. The number of aromatic nitrogens is 3. The third-order valence-electron chi connectivity index (χ3n) is 4.90. The molecular formula is C19H20N6O4S. The summed E-state index contributed by atoms with van der Waals surface area (Å²) in [6.07, 6.45) is 6.69. The highest BCUT2D eigenvalue weighted by atomic mass is 32.2. The molecule has 10 nitrogen and oxygen atoms in total. The average Bonchev–Trinajstić information content (AvgIpc) is 3.47. The summed E-state index contributed by atoms with van der Waals surface area (Å²) in [7, 11) is -3.72. The molecule has 0 amide bonds. The summed E-state index contributed by atoms with van der Waals surface area (Å²) in [5, 5.41) is 18.7. The molecule has 11 heteroatoms. The molecule has 156 valence electrons. The van der Waals surface area contributed by atoms with E-state index in [0.717, 1.165) is 24.5 Å². The number of anilines is 1. The molecule has 3 heterocycles. The van der Waals surface area contributed by atoms with Crippen LogP contribution in [0.4, 0.5) is 11.4 Å². The topological polar surface area (TPSA) is 123 Å². The van der Waals surface area contributed by atoms with Gasteiger partial charge in [-0.2, -0.15) is 9.40 Å². The van der Waals surface area contributed by atoms with E-state index in [9.17, 15) is 18.5 Å². The summed E-state index contributed by atoms with van der Waals surface area (Å²) in [5.41, 5.74) is 0.780. The van der Waals surface area contributed by atoms with Crippen LogP contribution in [0.5, 0.6) is 0 Å². The SMILES string of the molecule is O=[N+]([O-])c1cc(S(=O)(=O)N2CCCC2)ccc1NCc1ccc(-n2cccn2)nc1. The maximum atomic E-state index is 12.7. The standard InChI is InChI=1S/C19H20N6O4S/c26-25(27)18-12-16(30(28,29)23-9-1-2-10-23)5-6-17(18)20-13-15-4-7-19(21-14-15)24-11-3-8-22-24/h3-8,11-12,14,20H,1-2,9-10,13H2. The van der Waals surface area contributed by atoms with Crippen LogP contribution in [-0.4, -0.2) is 45.5 Å². The first-order valence-electron chi connectivity index (χ1n) is 9.42. The second-order valence-corrected chi connectivity index (χ2v) is 8.81. The number of nitro benzene ring substituents is 1. The zero-order chi connectivity index (χ0) is 21.1. The average molecular weight is 428 g/mol. The van der Waals surface area contributed by atoms with Crippen molar-refractivity contribution in [1.29, 1.82) is 0 Å². The third kappa shape index (κ3) is 4.02. The molecule has 0 saturated carbocycles. The fraction of sp³-hybridized carbons (Fsp3) is 0.263. The van der Waals surface area contributed by atoms with Gasteiger partial charge in [-0.1, -0.05) is 6.07 Å². The van der Waals surface area contributed by atoms with E-state index in [1.54, 1.807) is 35.4 Å². The minimum absolute atomic E-state index is 0.0631. The van der Waals surface area contributed by atoms with Crippen molar-refractivity contribution in [3.05, 3.63) is 70.7 Å². The highest BCUT2D eigenvalue weighted by Crippen LogP contribution is 2.30. The normalized spacial score (nSPS) is 14.7. The van der Waals surface area contributed by atoms with E-state index in [0.29, 0.717) is 25.5 Å². The Morgan fingerprint density at radius 3 is 2.60 bits per heavy atom. The summed E-state index contributed by atoms with van der Waals surface area (Å²) in [6, 6.07) is 9.40. The van der Waals surface area contributed by atoms with Crippen LogP contribution in [0.15, 0.2) is 59.9 Å². The lowest BCUT2D eigenvalue weighted by Gasteiger charge is -2.16. The number of nitrogens with zero attached hydrogens (tertiary/aromatic N) is 5. The van der Waals surface area contributed by atoms with Gasteiger partial charge in [-0.3, -0.25) is 10.1 Å². The number of hydrogen-bond acceptors (Lipinski definition) is 7. The van der Waals surface area contributed by atoms with Crippen molar-refractivity contribution in [3.63, 3.8) is 0 Å². The lowest BCUT2D eigenvalue weighted by molar-refractivity contribution is -0.384. The Balaban J connectivity index is 1.52. The molecule has 0 unspecified atom stereocenters. The number of nitrogens with one attached hydrogen (secondary N) is 1. The molecule has 0 aliphatic carbocycles. The van der Waals surface area contributed by atoms with Crippen LogP contribution in [0.25, 0.3) is 5.82 Å². The summed E-state index contributed by atoms with van der Waals surface area (Å²) >= 11 is 0. The number of sulfonamides is 1. The van der Waals surface area contributed by atoms with Gasteiger partial charge in [0, 0.05) is 44.3 Å². The molecule has 30 heavy (non-hydrogen) atoms. The molecule has 0 radical (unpaired) electrons. The first-order valence-corrected chi connectivity index (χ1v) is 10.9. The van der Waals surface area contributed by atoms with Crippen LogP contribution >= 0.6 is 0 Å².